The topological polar surface area (TPSA) is 48.2 Å². The number of hydrogen-bond donors (Lipinski definition) is 0. The number of para-hydroxylation sites is 1. The van der Waals surface area contributed by atoms with Gasteiger partial charge in [0.1, 0.15) is 12.4 Å². The molecule has 0 bridgehead atoms. The number of aryl methyl sites for hydroxylation is 1. The standard InChI is InChI=1S/C28H42N2O2/c1-2-3-4-5-6-7-8-9-10-11-12-13-14-15-16-21-27-29-30-28(32-27)25-22-24-19-17-18-20-26(24)31-23-25/h17-20,22H,2-16,21,23H2,1H3. The van der Waals surface area contributed by atoms with Gasteiger partial charge < -0.3 is 9.15 Å². The first-order valence-corrected chi connectivity index (χ1v) is 13.1. The maximum absolute atomic E-state index is 5.89. The lowest BCUT2D eigenvalue weighted by molar-refractivity contribution is 0.359. The van der Waals surface area contributed by atoms with Crippen molar-refractivity contribution in [3.8, 4) is 5.75 Å². The molecule has 32 heavy (non-hydrogen) atoms. The van der Waals surface area contributed by atoms with Crippen molar-refractivity contribution in [3.05, 3.63) is 41.6 Å². The first-order chi connectivity index (χ1) is 15.9. The zero-order valence-electron chi connectivity index (χ0n) is 20.1. The second kappa shape index (κ2) is 14.9. The molecule has 176 valence electrons. The van der Waals surface area contributed by atoms with Crippen LogP contribution in [0.25, 0.3) is 11.6 Å². The fourth-order valence-electron chi connectivity index (χ4n) is 4.37. The number of aromatic nitrogens is 2. The average molecular weight is 439 g/mol. The molecule has 4 nitrogen and oxygen atoms in total. The van der Waals surface area contributed by atoms with Gasteiger partial charge in [0.2, 0.25) is 11.8 Å². The number of rotatable bonds is 17. The fraction of sp³-hybridized carbons (Fsp3) is 0.643. The van der Waals surface area contributed by atoms with E-state index in [1.54, 1.807) is 0 Å². The summed E-state index contributed by atoms with van der Waals surface area (Å²) in [6.45, 7) is 2.77. The Hall–Kier alpha value is -2.10. The molecule has 0 spiro atoms. The molecule has 1 aliphatic heterocycles. The van der Waals surface area contributed by atoms with Gasteiger partial charge in [0, 0.05) is 12.0 Å². The van der Waals surface area contributed by atoms with Gasteiger partial charge in [-0.25, -0.2) is 0 Å². The average Bonchev–Trinajstić information content (AvgIpc) is 3.30. The predicted octanol–water partition coefficient (Wildman–Crippen LogP) is 8.42. The second-order valence-corrected chi connectivity index (χ2v) is 9.20. The molecule has 0 aliphatic carbocycles. The summed E-state index contributed by atoms with van der Waals surface area (Å²) < 4.78 is 11.7. The molecule has 0 atom stereocenters. The van der Waals surface area contributed by atoms with E-state index in [9.17, 15) is 0 Å². The zero-order chi connectivity index (χ0) is 22.3. The smallest absolute Gasteiger partial charge is 0.247 e. The third-order valence-corrected chi connectivity index (χ3v) is 6.37. The van der Waals surface area contributed by atoms with E-state index in [0.717, 1.165) is 35.6 Å². The van der Waals surface area contributed by atoms with Crippen LogP contribution in [0.3, 0.4) is 0 Å². The quantitative estimate of drug-likeness (QED) is 0.233. The minimum atomic E-state index is 0.484. The van der Waals surface area contributed by atoms with Crippen LogP contribution in [-0.2, 0) is 6.42 Å². The Morgan fingerprint density at radius 2 is 1.31 bits per heavy atom. The SMILES string of the molecule is CCCCCCCCCCCCCCCCCc1nnc(C2=Cc3ccccc3OC2)o1. The molecule has 0 fully saturated rings. The van der Waals surface area contributed by atoms with Crippen LogP contribution >= 0.6 is 0 Å². The van der Waals surface area contributed by atoms with Crippen molar-refractivity contribution in [2.24, 2.45) is 0 Å². The van der Waals surface area contributed by atoms with Crippen LogP contribution in [0, 0.1) is 0 Å². The minimum absolute atomic E-state index is 0.484. The maximum atomic E-state index is 5.89. The molecule has 0 radical (unpaired) electrons. The summed E-state index contributed by atoms with van der Waals surface area (Å²) in [4.78, 5) is 0. The third-order valence-electron chi connectivity index (χ3n) is 6.37. The highest BCUT2D eigenvalue weighted by Gasteiger charge is 2.17. The summed E-state index contributed by atoms with van der Waals surface area (Å²) in [5, 5.41) is 8.47. The van der Waals surface area contributed by atoms with Gasteiger partial charge in [0.25, 0.3) is 0 Å². The normalized spacial score (nSPS) is 13.0. The highest BCUT2D eigenvalue weighted by Crippen LogP contribution is 2.29. The molecule has 0 amide bonds. The van der Waals surface area contributed by atoms with Crippen molar-refractivity contribution in [1.82, 2.24) is 10.2 Å². The summed E-state index contributed by atoms with van der Waals surface area (Å²) >= 11 is 0. The number of ether oxygens (including phenoxy) is 1. The van der Waals surface area contributed by atoms with Gasteiger partial charge >= 0.3 is 0 Å². The van der Waals surface area contributed by atoms with Crippen molar-refractivity contribution in [3.63, 3.8) is 0 Å². The lowest BCUT2D eigenvalue weighted by atomic mass is 10.0. The van der Waals surface area contributed by atoms with Gasteiger partial charge in [-0.15, -0.1) is 10.2 Å². The number of hydrogen-bond acceptors (Lipinski definition) is 4. The van der Waals surface area contributed by atoms with E-state index < -0.39 is 0 Å². The van der Waals surface area contributed by atoms with Crippen LogP contribution in [-0.4, -0.2) is 16.8 Å². The molecule has 1 aliphatic rings. The van der Waals surface area contributed by atoms with Gasteiger partial charge in [-0.1, -0.05) is 115 Å². The van der Waals surface area contributed by atoms with E-state index >= 15 is 0 Å². The largest absolute Gasteiger partial charge is 0.488 e. The molecule has 3 rings (SSSR count). The number of unbranched alkanes of at least 4 members (excludes halogenated alkanes) is 14. The summed E-state index contributed by atoms with van der Waals surface area (Å²) in [5.74, 6) is 2.25. The molecule has 2 heterocycles. The molecule has 0 saturated carbocycles. The Labute approximate surface area is 194 Å². The van der Waals surface area contributed by atoms with Crippen LogP contribution in [0.5, 0.6) is 5.75 Å². The fourth-order valence-corrected chi connectivity index (χ4v) is 4.37. The van der Waals surface area contributed by atoms with E-state index in [-0.39, 0.29) is 0 Å². The maximum Gasteiger partial charge on any atom is 0.247 e. The highest BCUT2D eigenvalue weighted by atomic mass is 16.5. The predicted molar refractivity (Wildman–Crippen MR) is 133 cm³/mol. The first-order valence-electron chi connectivity index (χ1n) is 13.1. The Balaban J connectivity index is 1.18. The Bertz CT molecular complexity index is 796. The Morgan fingerprint density at radius 1 is 0.719 bits per heavy atom. The van der Waals surface area contributed by atoms with Crippen LogP contribution in [0.4, 0.5) is 0 Å². The summed E-state index contributed by atoms with van der Waals surface area (Å²) in [5.41, 5.74) is 2.02. The minimum Gasteiger partial charge on any atom is -0.488 e. The van der Waals surface area contributed by atoms with Crippen molar-refractivity contribution in [2.75, 3.05) is 6.61 Å². The highest BCUT2D eigenvalue weighted by molar-refractivity contribution is 5.82. The monoisotopic (exact) mass is 438 g/mol. The zero-order valence-corrected chi connectivity index (χ0v) is 20.1. The van der Waals surface area contributed by atoms with Gasteiger partial charge in [-0.05, 0) is 18.6 Å². The second-order valence-electron chi connectivity index (χ2n) is 9.20. The molecule has 1 aromatic carbocycles. The molecule has 2 aromatic rings. The van der Waals surface area contributed by atoms with Crippen LogP contribution < -0.4 is 4.74 Å². The molecule has 1 aromatic heterocycles. The van der Waals surface area contributed by atoms with Crippen molar-refractivity contribution < 1.29 is 9.15 Å². The molecular formula is C28H42N2O2. The van der Waals surface area contributed by atoms with Gasteiger partial charge in [0.05, 0.1) is 5.57 Å². The lowest BCUT2D eigenvalue weighted by Crippen LogP contribution is -2.06. The summed E-state index contributed by atoms with van der Waals surface area (Å²) in [7, 11) is 0. The number of nitrogens with zero attached hydrogens (tertiary/aromatic N) is 2. The molecule has 0 unspecified atom stereocenters. The van der Waals surface area contributed by atoms with Crippen LogP contribution in [0.2, 0.25) is 0 Å². The van der Waals surface area contributed by atoms with Crippen molar-refractivity contribution >= 4 is 11.6 Å². The van der Waals surface area contributed by atoms with E-state index in [2.05, 4.69) is 23.2 Å². The van der Waals surface area contributed by atoms with E-state index in [1.165, 1.54) is 89.9 Å². The molecule has 4 heteroatoms. The van der Waals surface area contributed by atoms with E-state index in [4.69, 9.17) is 9.15 Å². The molecule has 0 N–H and O–H groups in total. The van der Waals surface area contributed by atoms with Crippen molar-refractivity contribution in [2.45, 2.75) is 110 Å². The lowest BCUT2D eigenvalue weighted by Gasteiger charge is -2.15. The first kappa shape index (κ1) is 24.5. The summed E-state index contributed by atoms with van der Waals surface area (Å²) in [6.07, 6.45) is 23.6. The molecule has 0 saturated heterocycles. The van der Waals surface area contributed by atoms with Gasteiger partial charge in [-0.3, -0.25) is 0 Å². The molecular weight excluding hydrogens is 396 g/mol. The van der Waals surface area contributed by atoms with Crippen LogP contribution in [0.15, 0.2) is 28.7 Å². The van der Waals surface area contributed by atoms with E-state index in [0.29, 0.717) is 12.5 Å². The third kappa shape index (κ3) is 8.80. The van der Waals surface area contributed by atoms with Gasteiger partial charge in [-0.2, -0.15) is 0 Å². The summed E-state index contributed by atoms with van der Waals surface area (Å²) in [6, 6.07) is 8.02. The Morgan fingerprint density at radius 3 is 1.97 bits per heavy atom. The van der Waals surface area contributed by atoms with E-state index in [1.807, 2.05) is 24.3 Å². The Kier molecular flexibility index (Phi) is 11.4. The van der Waals surface area contributed by atoms with Crippen LogP contribution in [0.1, 0.15) is 121 Å². The number of fused-ring (bicyclic) bond motifs is 1. The van der Waals surface area contributed by atoms with Gasteiger partial charge in [0.15, 0.2) is 0 Å². The number of benzene rings is 1. The van der Waals surface area contributed by atoms with Crippen molar-refractivity contribution in [1.29, 1.82) is 0 Å².